The van der Waals surface area contributed by atoms with Crippen LogP contribution in [0.5, 0.6) is 0 Å². The average Bonchev–Trinajstić information content (AvgIpc) is 2.83. The standard InChI is InChI=1S/C24H27N2/c1-14-8-10-18-19-11-9-17(4)25-23(19)24(5,6)22(18)21(14)20-12-15(2)16(3)13-26(20)7/h8-13H,1-7H3/q+1/i3D3. The quantitative estimate of drug-likeness (QED) is 0.559. The van der Waals surface area contributed by atoms with Crippen molar-refractivity contribution in [1.29, 1.82) is 0 Å². The van der Waals surface area contributed by atoms with Gasteiger partial charge in [-0.15, -0.1) is 0 Å². The van der Waals surface area contributed by atoms with E-state index in [2.05, 4.69) is 45.0 Å². The van der Waals surface area contributed by atoms with Crippen molar-refractivity contribution < 1.29 is 8.68 Å². The summed E-state index contributed by atoms with van der Waals surface area (Å²) in [6.45, 7) is 8.38. The first kappa shape index (κ1) is 13.7. The lowest BCUT2D eigenvalue weighted by Crippen LogP contribution is -2.32. The van der Waals surface area contributed by atoms with Gasteiger partial charge in [-0.2, -0.15) is 0 Å². The molecule has 3 aromatic rings. The monoisotopic (exact) mass is 346 g/mol. The molecule has 0 atom stereocenters. The molecule has 0 fully saturated rings. The molecular weight excluding hydrogens is 316 g/mol. The highest BCUT2D eigenvalue weighted by Crippen LogP contribution is 2.51. The van der Waals surface area contributed by atoms with Crippen LogP contribution in [-0.2, 0) is 12.5 Å². The third-order valence-electron chi connectivity index (χ3n) is 5.69. The molecule has 2 heterocycles. The van der Waals surface area contributed by atoms with E-state index < -0.39 is 6.85 Å². The zero-order valence-corrected chi connectivity index (χ0v) is 16.4. The zero-order chi connectivity index (χ0) is 21.3. The van der Waals surface area contributed by atoms with E-state index in [1.165, 1.54) is 27.8 Å². The average molecular weight is 347 g/mol. The van der Waals surface area contributed by atoms with Gasteiger partial charge in [-0.1, -0.05) is 32.0 Å². The summed E-state index contributed by atoms with van der Waals surface area (Å²) in [6.07, 6.45) is 1.76. The summed E-state index contributed by atoms with van der Waals surface area (Å²) in [7, 11) is 1.93. The van der Waals surface area contributed by atoms with Crippen molar-refractivity contribution >= 4 is 0 Å². The second-order valence-electron chi connectivity index (χ2n) is 8.02. The number of fused-ring (bicyclic) bond motifs is 3. The molecule has 0 N–H and O–H groups in total. The van der Waals surface area contributed by atoms with Gasteiger partial charge < -0.3 is 0 Å². The van der Waals surface area contributed by atoms with Gasteiger partial charge in [0.15, 0.2) is 6.20 Å². The highest BCUT2D eigenvalue weighted by Gasteiger charge is 2.41. The number of nitrogens with zero attached hydrogens (tertiary/aromatic N) is 2. The Morgan fingerprint density at radius 3 is 2.42 bits per heavy atom. The largest absolute Gasteiger partial charge is 0.257 e. The van der Waals surface area contributed by atoms with Crippen LogP contribution < -0.4 is 4.57 Å². The minimum Gasteiger partial charge on any atom is -0.257 e. The van der Waals surface area contributed by atoms with E-state index in [1.54, 1.807) is 6.20 Å². The second kappa shape index (κ2) is 5.51. The number of benzene rings is 1. The summed E-state index contributed by atoms with van der Waals surface area (Å²) in [4.78, 5) is 4.89. The number of aromatic nitrogens is 2. The first-order valence-corrected chi connectivity index (χ1v) is 9.06. The molecule has 2 aromatic heterocycles. The van der Waals surface area contributed by atoms with Crippen LogP contribution >= 0.6 is 0 Å². The molecule has 26 heavy (non-hydrogen) atoms. The maximum absolute atomic E-state index is 7.83. The maximum atomic E-state index is 7.83. The predicted octanol–water partition coefficient (Wildman–Crippen LogP) is 5.11. The molecule has 2 heteroatoms. The van der Waals surface area contributed by atoms with Crippen LogP contribution in [0.25, 0.3) is 22.4 Å². The SMILES string of the molecule is [2H]C([2H])([2H])c1c[n+](C)c(-c2c(C)ccc3c2C(C)(C)c2nc(C)ccc2-3)cc1C. The lowest BCUT2D eigenvalue weighted by Gasteiger charge is -2.24. The Morgan fingerprint density at radius 1 is 0.962 bits per heavy atom. The van der Waals surface area contributed by atoms with Crippen LogP contribution in [0.15, 0.2) is 36.5 Å². The number of hydrogen-bond acceptors (Lipinski definition) is 1. The molecule has 2 nitrogen and oxygen atoms in total. The van der Waals surface area contributed by atoms with E-state index in [1.807, 2.05) is 31.5 Å². The van der Waals surface area contributed by atoms with Gasteiger partial charge in [-0.3, -0.25) is 4.98 Å². The minimum absolute atomic E-state index is 0.234. The molecule has 0 amide bonds. The first-order chi connectivity index (χ1) is 13.4. The van der Waals surface area contributed by atoms with Crippen molar-refractivity contribution in [2.45, 2.75) is 46.9 Å². The van der Waals surface area contributed by atoms with Crippen LogP contribution in [0.1, 0.15) is 51.6 Å². The van der Waals surface area contributed by atoms with Crippen molar-refractivity contribution in [2.75, 3.05) is 0 Å². The highest BCUT2D eigenvalue weighted by molar-refractivity contribution is 5.87. The van der Waals surface area contributed by atoms with E-state index >= 15 is 0 Å². The van der Waals surface area contributed by atoms with Crippen molar-refractivity contribution in [1.82, 2.24) is 4.98 Å². The number of rotatable bonds is 1. The third kappa shape index (κ3) is 2.25. The fraction of sp³-hybridized carbons (Fsp3) is 0.333. The number of hydrogen-bond donors (Lipinski definition) is 0. The minimum atomic E-state index is -2.12. The Bertz CT molecular complexity index is 1160. The Labute approximate surface area is 160 Å². The van der Waals surface area contributed by atoms with Crippen molar-refractivity contribution in [3.05, 3.63) is 70.2 Å². The smallest absolute Gasteiger partial charge is 0.213 e. The molecule has 1 aliphatic rings. The normalized spacial score (nSPS) is 16.5. The lowest BCUT2D eigenvalue weighted by atomic mass is 9.80. The van der Waals surface area contributed by atoms with Gasteiger partial charge in [-0.25, -0.2) is 4.57 Å². The Morgan fingerprint density at radius 2 is 1.69 bits per heavy atom. The van der Waals surface area contributed by atoms with Gasteiger partial charge in [0.1, 0.15) is 7.05 Å². The van der Waals surface area contributed by atoms with Crippen molar-refractivity contribution in [3.63, 3.8) is 0 Å². The molecule has 0 spiro atoms. The van der Waals surface area contributed by atoms with Gasteiger partial charge in [0, 0.05) is 32.4 Å². The molecule has 0 saturated carbocycles. The number of pyridine rings is 2. The van der Waals surface area contributed by atoms with E-state index in [9.17, 15) is 0 Å². The van der Waals surface area contributed by atoms with Crippen molar-refractivity contribution in [3.8, 4) is 22.4 Å². The second-order valence-corrected chi connectivity index (χ2v) is 8.02. The summed E-state index contributed by atoms with van der Waals surface area (Å²) in [5.41, 5.74) is 10.1. The predicted molar refractivity (Wildman–Crippen MR) is 107 cm³/mol. The number of aryl methyl sites for hydroxylation is 5. The van der Waals surface area contributed by atoms with E-state index in [-0.39, 0.29) is 5.41 Å². The van der Waals surface area contributed by atoms with Crippen molar-refractivity contribution in [2.24, 2.45) is 7.05 Å². The van der Waals surface area contributed by atoms with Crippen LogP contribution in [-0.4, -0.2) is 4.98 Å². The van der Waals surface area contributed by atoms with Gasteiger partial charge in [-0.05, 0) is 55.9 Å². The Kier molecular flexibility index (Phi) is 2.90. The fourth-order valence-corrected chi connectivity index (χ4v) is 4.28. The summed E-state index contributed by atoms with van der Waals surface area (Å²) in [6, 6.07) is 10.6. The molecule has 4 rings (SSSR count). The van der Waals surface area contributed by atoms with Crippen LogP contribution in [0, 0.1) is 27.6 Å². The molecule has 0 unspecified atom stereocenters. The van der Waals surface area contributed by atoms with E-state index in [0.29, 0.717) is 5.56 Å². The van der Waals surface area contributed by atoms with Gasteiger partial charge in [0.05, 0.1) is 11.3 Å². The fourth-order valence-electron chi connectivity index (χ4n) is 4.28. The summed E-state index contributed by atoms with van der Waals surface area (Å²) >= 11 is 0. The molecule has 1 aliphatic carbocycles. The molecular formula is C24H27N2+. The summed E-state index contributed by atoms with van der Waals surface area (Å²) < 4.78 is 25.5. The molecule has 1 aromatic carbocycles. The topological polar surface area (TPSA) is 16.8 Å². The molecule has 132 valence electrons. The first-order valence-electron chi connectivity index (χ1n) is 10.6. The molecule has 0 bridgehead atoms. The molecule has 0 aliphatic heterocycles. The van der Waals surface area contributed by atoms with Gasteiger partial charge in [0.2, 0.25) is 5.69 Å². The van der Waals surface area contributed by atoms with Crippen LogP contribution in [0.3, 0.4) is 0 Å². The molecule has 0 saturated heterocycles. The zero-order valence-electron chi connectivity index (χ0n) is 19.4. The Balaban J connectivity index is 2.04. The summed E-state index contributed by atoms with van der Waals surface area (Å²) in [5.74, 6) is 0. The Hall–Kier alpha value is -2.48. The van der Waals surface area contributed by atoms with Gasteiger partial charge in [0.25, 0.3) is 0 Å². The van der Waals surface area contributed by atoms with E-state index in [4.69, 9.17) is 9.10 Å². The van der Waals surface area contributed by atoms with Crippen LogP contribution in [0.2, 0.25) is 0 Å². The lowest BCUT2D eigenvalue weighted by molar-refractivity contribution is -0.660. The highest BCUT2D eigenvalue weighted by atomic mass is 14.9. The maximum Gasteiger partial charge on any atom is 0.213 e. The van der Waals surface area contributed by atoms with Crippen LogP contribution in [0.4, 0.5) is 0 Å². The summed E-state index contributed by atoms with van der Waals surface area (Å²) in [5, 5.41) is 0. The third-order valence-corrected chi connectivity index (χ3v) is 5.69. The van der Waals surface area contributed by atoms with E-state index in [0.717, 1.165) is 22.6 Å². The molecule has 0 radical (unpaired) electrons. The van der Waals surface area contributed by atoms with Gasteiger partial charge >= 0.3 is 0 Å².